The van der Waals surface area contributed by atoms with E-state index in [1.807, 2.05) is 0 Å². The van der Waals surface area contributed by atoms with E-state index in [4.69, 9.17) is 0 Å². The molecule has 198 valence electrons. The molecular formula is C27H14F10O. The van der Waals surface area contributed by atoms with Crippen LogP contribution >= 0.6 is 0 Å². The molecule has 0 bridgehead atoms. The zero-order chi connectivity index (χ0) is 28.0. The Morgan fingerprint density at radius 2 is 1.08 bits per heavy atom. The number of hydrogen-bond acceptors (Lipinski definition) is 1. The molecule has 0 saturated heterocycles. The first-order valence-corrected chi connectivity index (χ1v) is 10.7. The van der Waals surface area contributed by atoms with Crippen LogP contribution in [0.2, 0.25) is 0 Å². The van der Waals surface area contributed by atoms with Crippen LogP contribution in [0.4, 0.5) is 43.9 Å². The lowest BCUT2D eigenvalue weighted by atomic mass is 9.98. The monoisotopic (exact) mass is 544 g/mol. The van der Waals surface area contributed by atoms with Crippen molar-refractivity contribution in [1.82, 2.24) is 0 Å². The second-order valence-electron chi connectivity index (χ2n) is 8.21. The first-order valence-electron chi connectivity index (χ1n) is 10.7. The van der Waals surface area contributed by atoms with Crippen molar-refractivity contribution in [2.24, 2.45) is 0 Å². The molecule has 0 N–H and O–H groups in total. The van der Waals surface area contributed by atoms with Gasteiger partial charge >= 0.3 is 12.3 Å². The van der Waals surface area contributed by atoms with Crippen molar-refractivity contribution >= 4 is 0 Å². The van der Waals surface area contributed by atoms with Crippen LogP contribution < -0.4 is 4.74 Å². The number of halogens is 10. The minimum Gasteiger partial charge on any atom is -0.429 e. The van der Waals surface area contributed by atoms with Crippen LogP contribution in [0.15, 0.2) is 66.7 Å². The SMILES string of the molecule is Cc1ccc(C(F)(F)Oc2ccc(-c3ccc(-c4ccc(C(F)(F)F)c(F)c4)c(F)c3)c(F)c2)c(F)c1F. The van der Waals surface area contributed by atoms with E-state index in [-0.39, 0.29) is 27.8 Å². The highest BCUT2D eigenvalue weighted by molar-refractivity contribution is 5.72. The zero-order valence-corrected chi connectivity index (χ0v) is 19.0. The molecule has 11 heteroatoms. The number of alkyl halides is 5. The molecule has 4 aromatic carbocycles. The highest BCUT2D eigenvalue weighted by Crippen LogP contribution is 2.38. The van der Waals surface area contributed by atoms with E-state index in [0.29, 0.717) is 24.3 Å². The number of hydrogen-bond donors (Lipinski definition) is 0. The Kier molecular flexibility index (Phi) is 6.90. The molecule has 0 heterocycles. The minimum atomic E-state index is -4.94. The van der Waals surface area contributed by atoms with Gasteiger partial charge < -0.3 is 4.74 Å². The molecule has 0 atom stereocenters. The van der Waals surface area contributed by atoms with Crippen LogP contribution in [0.1, 0.15) is 16.7 Å². The largest absolute Gasteiger partial charge is 0.429 e. The van der Waals surface area contributed by atoms with Crippen molar-refractivity contribution in [3.8, 4) is 28.0 Å². The summed E-state index contributed by atoms with van der Waals surface area (Å²) in [4.78, 5) is 0. The minimum absolute atomic E-state index is 0.0823. The van der Waals surface area contributed by atoms with E-state index < -0.39 is 58.2 Å². The van der Waals surface area contributed by atoms with Crippen LogP contribution in [0, 0.1) is 36.0 Å². The number of rotatable bonds is 5. The van der Waals surface area contributed by atoms with Gasteiger partial charge in [0.1, 0.15) is 28.8 Å². The normalized spacial score (nSPS) is 12.1. The maximum Gasteiger partial charge on any atom is 0.429 e. The van der Waals surface area contributed by atoms with E-state index in [1.165, 1.54) is 13.0 Å². The molecule has 0 saturated carbocycles. The molecule has 38 heavy (non-hydrogen) atoms. The third kappa shape index (κ3) is 5.18. The summed E-state index contributed by atoms with van der Waals surface area (Å²) in [6, 6.07) is 8.89. The third-order valence-corrected chi connectivity index (χ3v) is 5.64. The quantitative estimate of drug-likeness (QED) is 0.228. The first-order chi connectivity index (χ1) is 17.7. The van der Waals surface area contributed by atoms with Crippen LogP contribution in [0.25, 0.3) is 22.3 Å². The predicted octanol–water partition coefficient (Wildman–Crippen LogP) is 9.17. The van der Waals surface area contributed by atoms with Gasteiger partial charge in [-0.1, -0.05) is 24.3 Å². The summed E-state index contributed by atoms with van der Waals surface area (Å²) >= 11 is 0. The van der Waals surface area contributed by atoms with Crippen molar-refractivity contribution < 1.29 is 48.6 Å². The van der Waals surface area contributed by atoms with Gasteiger partial charge in [-0.2, -0.15) is 22.0 Å². The zero-order valence-electron chi connectivity index (χ0n) is 19.0. The molecule has 1 nitrogen and oxygen atoms in total. The van der Waals surface area contributed by atoms with Crippen molar-refractivity contribution in [3.05, 3.63) is 113 Å². The van der Waals surface area contributed by atoms with Crippen molar-refractivity contribution in [3.63, 3.8) is 0 Å². The molecule has 4 aromatic rings. The summed E-state index contributed by atoms with van der Waals surface area (Å²) in [6.07, 6.45) is -9.30. The van der Waals surface area contributed by atoms with E-state index >= 15 is 0 Å². The molecule has 0 aromatic heterocycles. The average Bonchev–Trinajstić information content (AvgIpc) is 2.81. The lowest BCUT2D eigenvalue weighted by Crippen LogP contribution is -2.24. The smallest absolute Gasteiger partial charge is 0.429 e. The molecular weight excluding hydrogens is 530 g/mol. The van der Waals surface area contributed by atoms with Gasteiger partial charge in [0.15, 0.2) is 11.6 Å². The fourth-order valence-corrected chi connectivity index (χ4v) is 3.70. The fraction of sp³-hybridized carbons (Fsp3) is 0.111. The van der Waals surface area contributed by atoms with E-state index in [9.17, 15) is 43.9 Å². The summed E-state index contributed by atoms with van der Waals surface area (Å²) in [5.41, 5.74) is -3.96. The predicted molar refractivity (Wildman–Crippen MR) is 118 cm³/mol. The van der Waals surface area contributed by atoms with Gasteiger partial charge in [0.25, 0.3) is 0 Å². The highest BCUT2D eigenvalue weighted by atomic mass is 19.4. The van der Waals surface area contributed by atoms with E-state index in [1.54, 1.807) is 0 Å². The molecule has 0 unspecified atom stereocenters. The number of aryl methyl sites for hydroxylation is 1. The van der Waals surface area contributed by atoms with Crippen LogP contribution in [-0.2, 0) is 12.3 Å². The molecule has 0 fully saturated rings. The summed E-state index contributed by atoms with van der Waals surface area (Å²) in [6.45, 7) is 1.17. The Labute approximate surface area is 208 Å². The van der Waals surface area contributed by atoms with Crippen molar-refractivity contribution in [2.75, 3.05) is 0 Å². The summed E-state index contributed by atoms with van der Waals surface area (Å²) in [5, 5.41) is 0. The van der Waals surface area contributed by atoms with Gasteiger partial charge in [-0.3, -0.25) is 0 Å². The van der Waals surface area contributed by atoms with Crippen LogP contribution in [0.5, 0.6) is 5.75 Å². The highest BCUT2D eigenvalue weighted by Gasteiger charge is 2.39. The van der Waals surface area contributed by atoms with Crippen LogP contribution in [-0.4, -0.2) is 0 Å². The molecule has 0 aliphatic rings. The van der Waals surface area contributed by atoms with Gasteiger partial charge in [-0.15, -0.1) is 0 Å². The average molecular weight is 544 g/mol. The first kappa shape index (κ1) is 27.0. The van der Waals surface area contributed by atoms with Crippen LogP contribution in [0.3, 0.4) is 0 Å². The van der Waals surface area contributed by atoms with Crippen molar-refractivity contribution in [1.29, 1.82) is 0 Å². The maximum absolute atomic E-state index is 14.8. The van der Waals surface area contributed by atoms with E-state index in [0.717, 1.165) is 36.4 Å². The van der Waals surface area contributed by atoms with Crippen molar-refractivity contribution in [2.45, 2.75) is 19.2 Å². The second-order valence-corrected chi connectivity index (χ2v) is 8.21. The van der Waals surface area contributed by atoms with Gasteiger partial charge in [0, 0.05) is 17.2 Å². The molecule has 0 spiro atoms. The van der Waals surface area contributed by atoms with Gasteiger partial charge in [-0.25, -0.2) is 22.0 Å². The van der Waals surface area contributed by atoms with E-state index in [2.05, 4.69) is 4.74 Å². The Morgan fingerprint density at radius 3 is 1.63 bits per heavy atom. The Hall–Kier alpha value is -4.02. The maximum atomic E-state index is 14.8. The Morgan fingerprint density at radius 1 is 0.553 bits per heavy atom. The molecule has 0 aliphatic carbocycles. The number of ether oxygens (including phenoxy) is 1. The number of benzene rings is 4. The topological polar surface area (TPSA) is 9.23 Å². The standard InChI is InChI=1S/C27H14F10O/c1-13-2-8-20(25(32)24(13)31)27(36,37)38-16-5-7-18(22(29)12-16)14-3-6-17(21(28)10-14)15-4-9-19(23(30)11-15)26(33,34)35/h2-12H,1H3. The summed E-state index contributed by atoms with van der Waals surface area (Å²) < 4.78 is 143. The summed E-state index contributed by atoms with van der Waals surface area (Å²) in [5.74, 6) is -7.82. The molecule has 0 amide bonds. The summed E-state index contributed by atoms with van der Waals surface area (Å²) in [7, 11) is 0. The fourth-order valence-electron chi connectivity index (χ4n) is 3.70. The second kappa shape index (κ2) is 9.70. The van der Waals surface area contributed by atoms with Gasteiger partial charge in [-0.05, 0) is 60.0 Å². The lowest BCUT2D eigenvalue weighted by Gasteiger charge is -2.20. The molecule has 0 aliphatic heterocycles. The molecule has 4 rings (SSSR count). The van der Waals surface area contributed by atoms with Gasteiger partial charge in [0.05, 0.1) is 5.56 Å². The van der Waals surface area contributed by atoms with Gasteiger partial charge in [0.2, 0.25) is 0 Å². The third-order valence-electron chi connectivity index (χ3n) is 5.64. The Bertz CT molecular complexity index is 1530. The Balaban J connectivity index is 1.60. The molecule has 0 radical (unpaired) electrons. The lowest BCUT2D eigenvalue weighted by molar-refractivity contribution is -0.187.